The molecule has 1 aromatic heterocycles. The summed E-state index contributed by atoms with van der Waals surface area (Å²) >= 11 is 0. The number of ether oxygens (including phenoxy) is 1. The summed E-state index contributed by atoms with van der Waals surface area (Å²) < 4.78 is 6.01. The van der Waals surface area contributed by atoms with Crippen molar-refractivity contribution in [1.29, 1.82) is 0 Å². The van der Waals surface area contributed by atoms with E-state index in [0.717, 1.165) is 40.4 Å². The highest BCUT2D eigenvalue weighted by Gasteiger charge is 2.18. The number of para-hydroxylation sites is 1. The fourth-order valence-corrected chi connectivity index (χ4v) is 3.29. The first-order valence-electron chi connectivity index (χ1n) is 10.6. The summed E-state index contributed by atoms with van der Waals surface area (Å²) in [6, 6.07) is 15.6. The molecule has 0 saturated carbocycles. The van der Waals surface area contributed by atoms with Gasteiger partial charge in [-0.15, -0.1) is 0 Å². The van der Waals surface area contributed by atoms with Crippen LogP contribution in [0.25, 0.3) is 0 Å². The highest BCUT2D eigenvalue weighted by atomic mass is 16.5. The van der Waals surface area contributed by atoms with Crippen LogP contribution in [-0.4, -0.2) is 22.0 Å². The molecular weight excluding hydrogens is 388 g/mol. The Morgan fingerprint density at radius 3 is 2.55 bits per heavy atom. The third-order valence-corrected chi connectivity index (χ3v) is 5.04. The lowest BCUT2D eigenvalue weighted by molar-refractivity contribution is -0.122. The Balaban J connectivity index is 1.75. The van der Waals surface area contributed by atoms with Gasteiger partial charge in [-0.1, -0.05) is 45.0 Å². The number of aromatic nitrogens is 2. The number of carbonyl (C=O) groups is 1. The number of hydrogen-bond acceptors (Lipinski definition) is 5. The van der Waals surface area contributed by atoms with Gasteiger partial charge in [-0.3, -0.25) is 4.79 Å². The van der Waals surface area contributed by atoms with E-state index in [9.17, 15) is 4.79 Å². The first-order valence-corrected chi connectivity index (χ1v) is 10.6. The van der Waals surface area contributed by atoms with E-state index in [1.807, 2.05) is 55.5 Å². The van der Waals surface area contributed by atoms with Gasteiger partial charge in [-0.05, 0) is 55.5 Å². The maximum Gasteiger partial charge on any atom is 0.265 e. The number of nitrogens with zero attached hydrogens (tertiary/aromatic N) is 2. The van der Waals surface area contributed by atoms with Crippen LogP contribution < -0.4 is 15.4 Å². The fraction of sp³-hybridized carbons (Fsp3) is 0.320. The van der Waals surface area contributed by atoms with Crippen molar-refractivity contribution >= 4 is 23.1 Å². The maximum absolute atomic E-state index is 12.9. The molecule has 6 nitrogen and oxygen atoms in total. The minimum absolute atomic E-state index is 0.191. The lowest BCUT2D eigenvalue weighted by Gasteiger charge is -2.20. The molecular formula is C25H30N4O2. The Bertz CT molecular complexity index is 1050. The van der Waals surface area contributed by atoms with Crippen LogP contribution in [0, 0.1) is 6.92 Å². The Morgan fingerprint density at radius 2 is 1.84 bits per heavy atom. The van der Waals surface area contributed by atoms with Crippen LogP contribution in [-0.2, 0) is 11.2 Å². The zero-order valence-electron chi connectivity index (χ0n) is 18.8. The highest BCUT2D eigenvalue weighted by Crippen LogP contribution is 2.28. The molecule has 0 aliphatic rings. The van der Waals surface area contributed by atoms with Gasteiger partial charge >= 0.3 is 0 Å². The van der Waals surface area contributed by atoms with Gasteiger partial charge in [0.1, 0.15) is 17.9 Å². The predicted octanol–water partition coefficient (Wildman–Crippen LogP) is 5.62. The average molecular weight is 419 g/mol. The van der Waals surface area contributed by atoms with Gasteiger partial charge in [0, 0.05) is 23.1 Å². The average Bonchev–Trinajstić information content (AvgIpc) is 2.74. The van der Waals surface area contributed by atoms with Crippen molar-refractivity contribution < 1.29 is 9.53 Å². The molecule has 1 atom stereocenters. The van der Waals surface area contributed by atoms with E-state index >= 15 is 0 Å². The van der Waals surface area contributed by atoms with Crippen LogP contribution >= 0.6 is 0 Å². The monoisotopic (exact) mass is 418 g/mol. The number of benzene rings is 2. The number of anilines is 3. The van der Waals surface area contributed by atoms with Crippen LogP contribution in [0.4, 0.5) is 17.2 Å². The molecule has 0 aliphatic heterocycles. The number of nitrogens with one attached hydrogen (secondary N) is 2. The summed E-state index contributed by atoms with van der Waals surface area (Å²) in [7, 11) is 0. The van der Waals surface area contributed by atoms with E-state index in [0.29, 0.717) is 11.7 Å². The van der Waals surface area contributed by atoms with Gasteiger partial charge in [0.05, 0.1) is 0 Å². The van der Waals surface area contributed by atoms with Crippen molar-refractivity contribution in [3.05, 3.63) is 71.7 Å². The number of aryl methyl sites for hydroxylation is 2. The normalized spacial score (nSPS) is 11.8. The van der Waals surface area contributed by atoms with E-state index in [1.165, 1.54) is 6.33 Å². The number of rotatable bonds is 8. The van der Waals surface area contributed by atoms with Crippen LogP contribution in [0.2, 0.25) is 0 Å². The summed E-state index contributed by atoms with van der Waals surface area (Å²) in [4.78, 5) is 21.3. The minimum Gasteiger partial charge on any atom is -0.481 e. The fourth-order valence-electron chi connectivity index (χ4n) is 3.29. The molecule has 0 spiro atoms. The van der Waals surface area contributed by atoms with Crippen LogP contribution in [0.5, 0.6) is 5.75 Å². The Hall–Kier alpha value is -3.41. The molecule has 1 heterocycles. The Kier molecular flexibility index (Phi) is 7.23. The van der Waals surface area contributed by atoms with E-state index in [2.05, 4.69) is 41.4 Å². The molecule has 1 amide bonds. The molecule has 1 unspecified atom stereocenters. The standard InChI is InChI=1S/C25H30N4O2/c1-6-19-11-12-20(28-24-13-17(4)26-15-27-24)14-22(19)29-25(30)18(5)31-23-10-8-7-9-21(23)16(2)3/h7-16,18H,6H2,1-5H3,(H,29,30)(H,26,27,28). The molecule has 0 bridgehead atoms. The van der Waals surface area contributed by atoms with Crippen molar-refractivity contribution in [3.63, 3.8) is 0 Å². The molecule has 0 fully saturated rings. The Morgan fingerprint density at radius 1 is 1.06 bits per heavy atom. The quantitative estimate of drug-likeness (QED) is 0.496. The topological polar surface area (TPSA) is 76.1 Å². The van der Waals surface area contributed by atoms with Crippen molar-refractivity contribution in [2.45, 2.75) is 53.1 Å². The van der Waals surface area contributed by atoms with Crippen molar-refractivity contribution in [3.8, 4) is 5.75 Å². The van der Waals surface area contributed by atoms with E-state index in [-0.39, 0.29) is 5.91 Å². The molecule has 2 aromatic carbocycles. The van der Waals surface area contributed by atoms with Gasteiger partial charge in [-0.2, -0.15) is 0 Å². The van der Waals surface area contributed by atoms with Crippen LogP contribution in [0.3, 0.4) is 0 Å². The predicted molar refractivity (Wildman–Crippen MR) is 125 cm³/mol. The van der Waals surface area contributed by atoms with Gasteiger partial charge in [-0.25, -0.2) is 9.97 Å². The second-order valence-corrected chi connectivity index (χ2v) is 7.84. The largest absolute Gasteiger partial charge is 0.481 e. The second-order valence-electron chi connectivity index (χ2n) is 7.84. The lowest BCUT2D eigenvalue weighted by Crippen LogP contribution is -2.30. The van der Waals surface area contributed by atoms with Crippen molar-refractivity contribution in [1.82, 2.24) is 9.97 Å². The summed E-state index contributed by atoms with van der Waals surface area (Å²) in [5.41, 5.74) is 4.61. The Labute approximate surface area is 184 Å². The first-order chi connectivity index (χ1) is 14.9. The van der Waals surface area contributed by atoms with Crippen molar-refractivity contribution in [2.75, 3.05) is 10.6 Å². The van der Waals surface area contributed by atoms with E-state index in [4.69, 9.17) is 4.74 Å². The third kappa shape index (κ3) is 5.81. The van der Waals surface area contributed by atoms with E-state index in [1.54, 1.807) is 6.92 Å². The lowest BCUT2D eigenvalue weighted by atomic mass is 10.0. The van der Waals surface area contributed by atoms with Gasteiger partial charge in [0.25, 0.3) is 5.91 Å². The summed E-state index contributed by atoms with van der Waals surface area (Å²) in [5, 5.41) is 6.30. The molecule has 31 heavy (non-hydrogen) atoms. The number of carbonyl (C=O) groups excluding carboxylic acids is 1. The number of amides is 1. The van der Waals surface area contributed by atoms with Crippen LogP contribution in [0.1, 0.15) is 50.4 Å². The zero-order valence-corrected chi connectivity index (χ0v) is 18.8. The summed E-state index contributed by atoms with van der Waals surface area (Å²) in [6.45, 7) is 9.96. The summed E-state index contributed by atoms with van der Waals surface area (Å²) in [6.07, 6.45) is 1.69. The van der Waals surface area contributed by atoms with E-state index < -0.39 is 6.10 Å². The summed E-state index contributed by atoms with van der Waals surface area (Å²) in [5.74, 6) is 1.57. The molecule has 6 heteroatoms. The van der Waals surface area contributed by atoms with Gasteiger partial charge in [0.2, 0.25) is 0 Å². The van der Waals surface area contributed by atoms with Crippen molar-refractivity contribution in [2.24, 2.45) is 0 Å². The zero-order chi connectivity index (χ0) is 22.4. The van der Waals surface area contributed by atoms with Crippen LogP contribution in [0.15, 0.2) is 54.9 Å². The van der Waals surface area contributed by atoms with Gasteiger partial charge in [0.15, 0.2) is 6.10 Å². The number of hydrogen-bond donors (Lipinski definition) is 2. The highest BCUT2D eigenvalue weighted by molar-refractivity contribution is 5.95. The third-order valence-electron chi connectivity index (χ3n) is 5.04. The molecule has 3 aromatic rings. The maximum atomic E-state index is 12.9. The molecule has 0 aliphatic carbocycles. The molecule has 2 N–H and O–H groups in total. The molecule has 3 rings (SSSR count). The smallest absolute Gasteiger partial charge is 0.265 e. The SMILES string of the molecule is CCc1ccc(Nc2cc(C)ncn2)cc1NC(=O)C(C)Oc1ccccc1C(C)C. The first kappa shape index (κ1) is 22.3. The second kappa shape index (κ2) is 10.1. The molecule has 0 radical (unpaired) electrons. The molecule has 162 valence electrons. The molecule has 0 saturated heterocycles. The minimum atomic E-state index is -0.634. The van der Waals surface area contributed by atoms with Gasteiger partial charge < -0.3 is 15.4 Å².